The molecule has 0 fully saturated rings. The number of hydrogen-bond donors (Lipinski definition) is 2. The van der Waals surface area contributed by atoms with Crippen molar-refractivity contribution in [3.05, 3.63) is 24.0 Å². The van der Waals surface area contributed by atoms with Gasteiger partial charge >= 0.3 is 0 Å². The second-order valence-electron chi connectivity index (χ2n) is 3.15. The van der Waals surface area contributed by atoms with Gasteiger partial charge in [-0.2, -0.15) is 0 Å². The minimum atomic E-state index is -3.78. The Morgan fingerprint density at radius 3 is 2.71 bits per heavy atom. The summed E-state index contributed by atoms with van der Waals surface area (Å²) in [6.07, 6.45) is 0. The molecule has 0 bridgehead atoms. The van der Waals surface area contributed by atoms with Crippen LogP contribution in [0.4, 0.5) is 4.39 Å². The van der Waals surface area contributed by atoms with Crippen molar-refractivity contribution >= 4 is 10.0 Å². The number of aliphatic hydroxyl groups is 1. The van der Waals surface area contributed by atoms with E-state index in [0.717, 1.165) is 6.07 Å². The second-order valence-corrected chi connectivity index (χ2v) is 4.91. The van der Waals surface area contributed by atoms with E-state index in [-0.39, 0.29) is 23.8 Å². The third kappa shape index (κ3) is 3.65. The van der Waals surface area contributed by atoms with Crippen molar-refractivity contribution < 1.29 is 22.7 Å². The lowest BCUT2D eigenvalue weighted by atomic mass is 10.3. The third-order valence-electron chi connectivity index (χ3n) is 1.92. The summed E-state index contributed by atoms with van der Waals surface area (Å²) in [5.74, 6) is -0.729. The molecule has 1 aromatic carbocycles. The average molecular weight is 263 g/mol. The minimum Gasteiger partial charge on any atom is -0.491 e. The molecule has 0 aliphatic heterocycles. The van der Waals surface area contributed by atoms with Gasteiger partial charge in [-0.05, 0) is 25.1 Å². The zero-order valence-corrected chi connectivity index (χ0v) is 10.1. The van der Waals surface area contributed by atoms with Crippen LogP contribution in [0, 0.1) is 5.82 Å². The quantitative estimate of drug-likeness (QED) is 0.783. The predicted molar refractivity (Wildman–Crippen MR) is 59.8 cm³/mol. The Morgan fingerprint density at radius 1 is 1.47 bits per heavy atom. The monoisotopic (exact) mass is 263 g/mol. The Morgan fingerprint density at radius 2 is 2.18 bits per heavy atom. The molecular weight excluding hydrogens is 249 g/mol. The Bertz CT molecular complexity index is 475. The molecule has 0 atom stereocenters. The first-order valence-corrected chi connectivity index (χ1v) is 6.52. The van der Waals surface area contributed by atoms with Gasteiger partial charge in [0.1, 0.15) is 0 Å². The molecule has 2 N–H and O–H groups in total. The number of benzene rings is 1. The van der Waals surface area contributed by atoms with Crippen LogP contribution >= 0.6 is 0 Å². The summed E-state index contributed by atoms with van der Waals surface area (Å²) < 4.78 is 43.7. The van der Waals surface area contributed by atoms with Gasteiger partial charge in [-0.15, -0.1) is 0 Å². The van der Waals surface area contributed by atoms with Crippen molar-refractivity contribution in [1.82, 2.24) is 4.72 Å². The Hall–Kier alpha value is -1.18. The zero-order valence-electron chi connectivity index (χ0n) is 9.31. The fourth-order valence-electron chi connectivity index (χ4n) is 1.18. The first kappa shape index (κ1) is 13.9. The van der Waals surface area contributed by atoms with Crippen LogP contribution in [0.2, 0.25) is 0 Å². The molecule has 0 unspecified atom stereocenters. The summed E-state index contributed by atoms with van der Waals surface area (Å²) in [5, 5.41) is 8.52. The maximum absolute atomic E-state index is 13.4. The standard InChI is InChI=1S/C10H14FNO4S/c1-2-16-10-4-3-8(7-9(10)11)17(14,15)12-5-6-13/h3-4,7,12-13H,2,5-6H2,1H3. The van der Waals surface area contributed by atoms with Gasteiger partial charge in [0.25, 0.3) is 0 Å². The maximum Gasteiger partial charge on any atom is 0.240 e. The summed E-state index contributed by atoms with van der Waals surface area (Å²) >= 11 is 0. The minimum absolute atomic E-state index is 0.00797. The van der Waals surface area contributed by atoms with Crippen molar-refractivity contribution in [3.63, 3.8) is 0 Å². The molecule has 0 spiro atoms. The van der Waals surface area contributed by atoms with E-state index in [1.165, 1.54) is 12.1 Å². The SMILES string of the molecule is CCOc1ccc(S(=O)(=O)NCCO)cc1F. The van der Waals surface area contributed by atoms with Crippen molar-refractivity contribution in [2.75, 3.05) is 19.8 Å². The second kappa shape index (κ2) is 5.95. The summed E-state index contributed by atoms with van der Waals surface area (Å²) in [4.78, 5) is -0.202. The smallest absolute Gasteiger partial charge is 0.240 e. The van der Waals surface area contributed by atoms with Gasteiger partial charge in [0.05, 0.1) is 18.1 Å². The Kier molecular flexibility index (Phi) is 4.86. The van der Waals surface area contributed by atoms with Crippen molar-refractivity contribution in [3.8, 4) is 5.75 Å². The first-order valence-electron chi connectivity index (χ1n) is 5.04. The summed E-state index contributed by atoms with van der Waals surface area (Å²) in [6.45, 7) is 1.56. The number of sulfonamides is 1. The van der Waals surface area contributed by atoms with Gasteiger partial charge in [0.15, 0.2) is 11.6 Å². The fraction of sp³-hybridized carbons (Fsp3) is 0.400. The first-order chi connectivity index (χ1) is 8.01. The van der Waals surface area contributed by atoms with Gasteiger partial charge < -0.3 is 9.84 Å². The molecule has 0 aliphatic rings. The van der Waals surface area contributed by atoms with Crippen LogP contribution in [0.15, 0.2) is 23.1 Å². The van der Waals surface area contributed by atoms with E-state index >= 15 is 0 Å². The number of ether oxygens (including phenoxy) is 1. The summed E-state index contributed by atoms with van der Waals surface area (Å²) in [7, 11) is -3.78. The molecule has 0 heterocycles. The van der Waals surface area contributed by atoms with Crippen LogP contribution in [0.1, 0.15) is 6.92 Å². The molecule has 0 saturated heterocycles. The molecule has 5 nitrogen and oxygen atoms in total. The van der Waals surface area contributed by atoms with Crippen molar-refractivity contribution in [2.45, 2.75) is 11.8 Å². The van der Waals surface area contributed by atoms with E-state index in [9.17, 15) is 12.8 Å². The fourth-order valence-corrected chi connectivity index (χ4v) is 2.22. The van der Waals surface area contributed by atoms with E-state index in [4.69, 9.17) is 9.84 Å². The number of halogens is 1. The molecule has 1 aromatic rings. The molecule has 7 heteroatoms. The highest BCUT2D eigenvalue weighted by Crippen LogP contribution is 2.20. The lowest BCUT2D eigenvalue weighted by Gasteiger charge is -2.08. The lowest BCUT2D eigenvalue weighted by molar-refractivity contribution is 0.301. The average Bonchev–Trinajstić information content (AvgIpc) is 2.29. The van der Waals surface area contributed by atoms with Gasteiger partial charge in [0.2, 0.25) is 10.0 Å². The molecule has 0 radical (unpaired) electrons. The molecule has 0 amide bonds. The number of hydrogen-bond acceptors (Lipinski definition) is 4. The van der Waals surface area contributed by atoms with Crippen LogP contribution < -0.4 is 9.46 Å². The van der Waals surface area contributed by atoms with E-state index in [1.54, 1.807) is 6.92 Å². The molecule has 0 aromatic heterocycles. The predicted octanol–water partition coefficient (Wildman–Crippen LogP) is 0.495. The summed E-state index contributed by atoms with van der Waals surface area (Å²) in [6, 6.07) is 3.38. The van der Waals surface area contributed by atoms with Crippen molar-refractivity contribution in [1.29, 1.82) is 0 Å². The molecule has 96 valence electrons. The van der Waals surface area contributed by atoms with E-state index in [1.807, 2.05) is 0 Å². The topological polar surface area (TPSA) is 75.6 Å². The van der Waals surface area contributed by atoms with Crippen LogP contribution in [0.5, 0.6) is 5.75 Å². The maximum atomic E-state index is 13.4. The van der Waals surface area contributed by atoms with Gasteiger partial charge in [-0.25, -0.2) is 17.5 Å². The highest BCUT2D eigenvalue weighted by atomic mass is 32.2. The van der Waals surface area contributed by atoms with Gasteiger partial charge in [0, 0.05) is 6.54 Å². The lowest BCUT2D eigenvalue weighted by Crippen LogP contribution is -2.26. The summed E-state index contributed by atoms with van der Waals surface area (Å²) in [5.41, 5.74) is 0. The van der Waals surface area contributed by atoms with Crippen molar-refractivity contribution in [2.24, 2.45) is 0 Å². The zero-order chi connectivity index (χ0) is 12.9. The third-order valence-corrected chi connectivity index (χ3v) is 3.38. The Labute approximate surface area is 99.3 Å². The number of aliphatic hydroxyl groups excluding tert-OH is 1. The van der Waals surface area contributed by atoms with Crippen LogP contribution in [0.3, 0.4) is 0 Å². The van der Waals surface area contributed by atoms with Gasteiger partial charge in [-0.3, -0.25) is 0 Å². The van der Waals surface area contributed by atoms with Crippen LogP contribution in [-0.2, 0) is 10.0 Å². The molecule has 0 saturated carbocycles. The largest absolute Gasteiger partial charge is 0.491 e. The van der Waals surface area contributed by atoms with Crippen LogP contribution in [-0.4, -0.2) is 33.3 Å². The molecular formula is C10H14FNO4S. The number of rotatable bonds is 6. The normalized spacial score (nSPS) is 11.5. The van der Waals surface area contributed by atoms with Crippen LogP contribution in [0.25, 0.3) is 0 Å². The Balaban J connectivity index is 2.96. The molecule has 0 aliphatic carbocycles. The number of nitrogens with one attached hydrogen (secondary N) is 1. The van der Waals surface area contributed by atoms with E-state index < -0.39 is 15.8 Å². The highest BCUT2D eigenvalue weighted by molar-refractivity contribution is 7.89. The van der Waals surface area contributed by atoms with E-state index in [2.05, 4.69) is 4.72 Å². The highest BCUT2D eigenvalue weighted by Gasteiger charge is 2.15. The molecule has 17 heavy (non-hydrogen) atoms. The van der Waals surface area contributed by atoms with E-state index in [0.29, 0.717) is 6.61 Å². The molecule has 1 rings (SSSR count). The van der Waals surface area contributed by atoms with Gasteiger partial charge in [-0.1, -0.05) is 0 Å².